The lowest BCUT2D eigenvalue weighted by molar-refractivity contribution is 0.148. The molecule has 3 rings (SSSR count). The first-order valence-electron chi connectivity index (χ1n) is 11.0. The molecule has 0 amide bonds. The van der Waals surface area contributed by atoms with Gasteiger partial charge in [-0.3, -0.25) is 0 Å². The highest BCUT2D eigenvalue weighted by Gasteiger charge is 2.21. The van der Waals surface area contributed by atoms with E-state index in [0.717, 1.165) is 43.5 Å². The zero-order valence-electron chi connectivity index (χ0n) is 18.7. The lowest BCUT2D eigenvalue weighted by Gasteiger charge is -2.34. The molecular weight excluding hydrogens is 372 g/mol. The van der Waals surface area contributed by atoms with Crippen LogP contribution in [0.15, 0.2) is 54.6 Å². The Labute approximate surface area is 182 Å². The largest absolute Gasteiger partial charge is 0.497 e. The fraction of sp³-hybridized carbons (Fsp3) is 0.462. The van der Waals surface area contributed by atoms with Crippen LogP contribution in [0.1, 0.15) is 24.0 Å². The van der Waals surface area contributed by atoms with Gasteiger partial charge in [0.15, 0.2) is 0 Å². The molecule has 1 fully saturated rings. The van der Waals surface area contributed by atoms with Crippen LogP contribution in [0.25, 0.3) is 6.08 Å². The summed E-state index contributed by atoms with van der Waals surface area (Å²) in [5, 5.41) is 0. The first-order chi connectivity index (χ1) is 14.7. The maximum atomic E-state index is 5.50. The van der Waals surface area contributed by atoms with Crippen molar-refractivity contribution in [1.29, 1.82) is 0 Å². The molecule has 0 aromatic heterocycles. The van der Waals surface area contributed by atoms with Crippen molar-refractivity contribution in [3.8, 4) is 11.5 Å². The molecule has 1 aliphatic heterocycles. The average Bonchev–Trinajstić information content (AvgIpc) is 2.78. The number of para-hydroxylation sites is 1. The Morgan fingerprint density at radius 3 is 2.63 bits per heavy atom. The predicted molar refractivity (Wildman–Crippen MR) is 125 cm³/mol. The Bertz CT molecular complexity index is 788. The van der Waals surface area contributed by atoms with E-state index in [-0.39, 0.29) is 0 Å². The summed E-state index contributed by atoms with van der Waals surface area (Å²) in [4.78, 5) is 5.07. The predicted octanol–water partition coefficient (Wildman–Crippen LogP) is 4.60. The van der Waals surface area contributed by atoms with E-state index in [1.165, 1.54) is 37.1 Å². The summed E-state index contributed by atoms with van der Waals surface area (Å²) in [5.41, 5.74) is 2.52. The molecule has 0 bridgehead atoms. The van der Waals surface area contributed by atoms with Crippen molar-refractivity contribution in [2.75, 3.05) is 54.0 Å². The normalized spacial score (nSPS) is 17.5. The Morgan fingerprint density at radius 2 is 1.87 bits per heavy atom. The van der Waals surface area contributed by atoms with Crippen molar-refractivity contribution >= 4 is 6.08 Å². The molecule has 2 aromatic rings. The second kappa shape index (κ2) is 11.8. The first kappa shape index (κ1) is 22.4. The van der Waals surface area contributed by atoms with E-state index in [2.05, 4.69) is 59.3 Å². The highest BCUT2D eigenvalue weighted by atomic mass is 16.5. The standard InChI is InChI=1S/C26H36N2O2/c1-27(17-6-8-22-12-14-25(29-2)15-13-22)20-23-9-7-18-28(21-23)19-16-24-10-4-5-11-26(24)30-3/h4-6,8,10-15,23H,7,9,16-21H2,1-3H3/b8-6+/t23-/m0/s1. The molecule has 1 heterocycles. The third kappa shape index (κ3) is 6.89. The molecule has 4 nitrogen and oxygen atoms in total. The number of rotatable bonds is 10. The molecule has 0 unspecified atom stereocenters. The van der Waals surface area contributed by atoms with E-state index < -0.39 is 0 Å². The van der Waals surface area contributed by atoms with E-state index in [0.29, 0.717) is 0 Å². The second-order valence-corrected chi connectivity index (χ2v) is 8.27. The molecular formula is C26H36N2O2. The lowest BCUT2D eigenvalue weighted by atomic mass is 9.97. The number of benzene rings is 2. The van der Waals surface area contributed by atoms with Gasteiger partial charge in [0.1, 0.15) is 11.5 Å². The van der Waals surface area contributed by atoms with E-state index in [1.54, 1.807) is 14.2 Å². The van der Waals surface area contributed by atoms with Crippen molar-refractivity contribution in [1.82, 2.24) is 9.80 Å². The molecule has 1 saturated heterocycles. The van der Waals surface area contributed by atoms with E-state index in [1.807, 2.05) is 18.2 Å². The monoisotopic (exact) mass is 408 g/mol. The van der Waals surface area contributed by atoms with Crippen molar-refractivity contribution < 1.29 is 9.47 Å². The smallest absolute Gasteiger partial charge is 0.122 e. The van der Waals surface area contributed by atoms with Crippen LogP contribution in [0.3, 0.4) is 0 Å². The van der Waals surface area contributed by atoms with Gasteiger partial charge in [-0.2, -0.15) is 0 Å². The van der Waals surface area contributed by atoms with Crippen LogP contribution in [0.4, 0.5) is 0 Å². The molecule has 2 aromatic carbocycles. The van der Waals surface area contributed by atoms with E-state index >= 15 is 0 Å². The van der Waals surface area contributed by atoms with Crippen LogP contribution < -0.4 is 9.47 Å². The molecule has 30 heavy (non-hydrogen) atoms. The topological polar surface area (TPSA) is 24.9 Å². The summed E-state index contributed by atoms with van der Waals surface area (Å²) in [6.45, 7) is 5.65. The summed E-state index contributed by atoms with van der Waals surface area (Å²) in [5.74, 6) is 2.65. The summed E-state index contributed by atoms with van der Waals surface area (Å²) < 4.78 is 10.7. The fourth-order valence-electron chi connectivity index (χ4n) is 4.29. The molecule has 162 valence electrons. The summed E-state index contributed by atoms with van der Waals surface area (Å²) in [6, 6.07) is 16.6. The molecule has 0 N–H and O–H groups in total. The maximum Gasteiger partial charge on any atom is 0.122 e. The lowest BCUT2D eigenvalue weighted by Crippen LogP contribution is -2.41. The van der Waals surface area contributed by atoms with Gasteiger partial charge in [-0.1, -0.05) is 42.5 Å². The highest BCUT2D eigenvalue weighted by molar-refractivity contribution is 5.50. The molecule has 1 aliphatic rings. The van der Waals surface area contributed by atoms with Crippen LogP contribution in [-0.2, 0) is 6.42 Å². The van der Waals surface area contributed by atoms with Crippen molar-refractivity contribution in [3.63, 3.8) is 0 Å². The minimum Gasteiger partial charge on any atom is -0.497 e. The number of piperidine rings is 1. The van der Waals surface area contributed by atoms with Gasteiger partial charge in [0.25, 0.3) is 0 Å². The van der Waals surface area contributed by atoms with Crippen LogP contribution in [0, 0.1) is 5.92 Å². The van der Waals surface area contributed by atoms with Gasteiger partial charge in [-0.15, -0.1) is 0 Å². The van der Waals surface area contributed by atoms with Gasteiger partial charge in [0, 0.05) is 26.2 Å². The van der Waals surface area contributed by atoms with Crippen LogP contribution in [0.5, 0.6) is 11.5 Å². The van der Waals surface area contributed by atoms with Gasteiger partial charge in [-0.05, 0) is 68.1 Å². The van der Waals surface area contributed by atoms with Crippen molar-refractivity contribution in [3.05, 3.63) is 65.7 Å². The number of likely N-dealkylation sites (N-methyl/N-ethyl adjacent to an activating group) is 1. The fourth-order valence-corrected chi connectivity index (χ4v) is 4.29. The minimum atomic E-state index is 0.746. The number of ether oxygens (including phenoxy) is 2. The minimum absolute atomic E-state index is 0.746. The third-order valence-corrected chi connectivity index (χ3v) is 5.91. The molecule has 4 heteroatoms. The molecule has 0 spiro atoms. The zero-order chi connectivity index (χ0) is 21.2. The molecule has 1 atom stereocenters. The van der Waals surface area contributed by atoms with Crippen molar-refractivity contribution in [2.24, 2.45) is 5.92 Å². The Morgan fingerprint density at radius 1 is 1.07 bits per heavy atom. The van der Waals surface area contributed by atoms with Crippen LogP contribution >= 0.6 is 0 Å². The van der Waals surface area contributed by atoms with E-state index in [4.69, 9.17) is 9.47 Å². The molecule has 0 saturated carbocycles. The SMILES string of the molecule is COc1ccc(/C=C/CN(C)C[C@@H]2CCCN(CCc3ccccc3OC)C2)cc1. The van der Waals surface area contributed by atoms with Crippen LogP contribution in [-0.4, -0.2) is 63.8 Å². The highest BCUT2D eigenvalue weighted by Crippen LogP contribution is 2.21. The maximum absolute atomic E-state index is 5.50. The van der Waals surface area contributed by atoms with Gasteiger partial charge in [0.05, 0.1) is 14.2 Å². The summed E-state index contributed by atoms with van der Waals surface area (Å²) >= 11 is 0. The van der Waals surface area contributed by atoms with Gasteiger partial charge in [-0.25, -0.2) is 0 Å². The Kier molecular flexibility index (Phi) is 8.79. The first-order valence-corrected chi connectivity index (χ1v) is 11.0. The second-order valence-electron chi connectivity index (χ2n) is 8.27. The Balaban J connectivity index is 1.41. The quantitative estimate of drug-likeness (QED) is 0.573. The third-order valence-electron chi connectivity index (χ3n) is 5.91. The average molecular weight is 409 g/mol. The van der Waals surface area contributed by atoms with Crippen molar-refractivity contribution in [2.45, 2.75) is 19.3 Å². The number of likely N-dealkylation sites (tertiary alicyclic amines) is 1. The number of hydrogen-bond acceptors (Lipinski definition) is 4. The molecule has 0 radical (unpaired) electrons. The van der Waals surface area contributed by atoms with E-state index in [9.17, 15) is 0 Å². The Hall–Kier alpha value is -2.30. The van der Waals surface area contributed by atoms with Crippen LogP contribution in [0.2, 0.25) is 0 Å². The summed E-state index contributed by atoms with van der Waals surface area (Å²) in [6.07, 6.45) is 8.13. The molecule has 0 aliphatic carbocycles. The zero-order valence-corrected chi connectivity index (χ0v) is 18.7. The van der Waals surface area contributed by atoms with Gasteiger partial charge < -0.3 is 19.3 Å². The number of methoxy groups -OCH3 is 2. The number of hydrogen-bond donors (Lipinski definition) is 0. The summed E-state index contributed by atoms with van der Waals surface area (Å²) in [7, 11) is 5.69. The number of nitrogens with zero attached hydrogens (tertiary/aromatic N) is 2. The van der Waals surface area contributed by atoms with Gasteiger partial charge in [0.2, 0.25) is 0 Å². The van der Waals surface area contributed by atoms with Gasteiger partial charge >= 0.3 is 0 Å².